The number of aromatic nitrogens is 4. The molecule has 4 heterocycles. The molecule has 8 heteroatoms. The van der Waals surface area contributed by atoms with Crippen molar-refractivity contribution in [2.45, 2.75) is 32.1 Å². The number of amides is 1. The zero-order chi connectivity index (χ0) is 21.0. The van der Waals surface area contributed by atoms with Crippen LogP contribution < -0.4 is 0 Å². The average molecular weight is 417 g/mol. The monoisotopic (exact) mass is 417 g/mol. The van der Waals surface area contributed by atoms with Gasteiger partial charge in [0.05, 0.1) is 30.1 Å². The Bertz CT molecular complexity index is 1170. The number of hydrogen-bond donors (Lipinski definition) is 0. The SMILES string of the molecule is O=C(c1coc(Cn2cnc3ccccc32)n1)N1CCC[C@@H](OCc2cccnc2)C1. The highest BCUT2D eigenvalue weighted by atomic mass is 16.5. The van der Waals surface area contributed by atoms with Crippen LogP contribution in [0.1, 0.15) is 34.8 Å². The summed E-state index contributed by atoms with van der Waals surface area (Å²) < 4.78 is 13.6. The molecule has 0 aliphatic carbocycles. The molecule has 0 unspecified atom stereocenters. The minimum absolute atomic E-state index is 0.00147. The summed E-state index contributed by atoms with van der Waals surface area (Å²) in [5.41, 5.74) is 3.26. The first-order valence-corrected chi connectivity index (χ1v) is 10.4. The van der Waals surface area contributed by atoms with Gasteiger partial charge in [-0.2, -0.15) is 0 Å². The highest BCUT2D eigenvalue weighted by Crippen LogP contribution is 2.18. The number of para-hydroxylation sites is 2. The van der Waals surface area contributed by atoms with Crippen molar-refractivity contribution in [3.8, 4) is 0 Å². The van der Waals surface area contributed by atoms with Gasteiger partial charge in [-0.1, -0.05) is 18.2 Å². The number of hydrogen-bond acceptors (Lipinski definition) is 6. The number of nitrogens with zero attached hydrogens (tertiary/aromatic N) is 5. The van der Waals surface area contributed by atoms with Gasteiger partial charge in [-0.05, 0) is 36.6 Å². The maximum Gasteiger partial charge on any atom is 0.275 e. The molecule has 1 aliphatic rings. The van der Waals surface area contributed by atoms with Gasteiger partial charge in [0, 0.05) is 25.5 Å². The predicted octanol–water partition coefficient (Wildman–Crippen LogP) is 3.29. The van der Waals surface area contributed by atoms with Crippen LogP contribution in [-0.4, -0.2) is 49.5 Å². The van der Waals surface area contributed by atoms with Gasteiger partial charge in [-0.3, -0.25) is 9.78 Å². The summed E-state index contributed by atoms with van der Waals surface area (Å²) in [5, 5.41) is 0. The molecule has 0 spiro atoms. The van der Waals surface area contributed by atoms with Gasteiger partial charge in [-0.15, -0.1) is 0 Å². The highest BCUT2D eigenvalue weighted by Gasteiger charge is 2.27. The van der Waals surface area contributed by atoms with Crippen LogP contribution in [0.2, 0.25) is 0 Å². The Morgan fingerprint density at radius 3 is 3.06 bits per heavy atom. The number of carbonyl (C=O) groups is 1. The van der Waals surface area contributed by atoms with Crippen molar-refractivity contribution in [1.82, 2.24) is 24.4 Å². The first kappa shape index (κ1) is 19.4. The zero-order valence-electron chi connectivity index (χ0n) is 17.1. The Hall–Kier alpha value is -3.52. The van der Waals surface area contributed by atoms with E-state index in [9.17, 15) is 4.79 Å². The van der Waals surface area contributed by atoms with Crippen LogP contribution in [-0.2, 0) is 17.9 Å². The third-order valence-corrected chi connectivity index (χ3v) is 5.48. The molecule has 1 amide bonds. The van der Waals surface area contributed by atoms with Crippen LogP contribution in [0, 0.1) is 0 Å². The van der Waals surface area contributed by atoms with Crippen molar-refractivity contribution in [1.29, 1.82) is 0 Å². The van der Waals surface area contributed by atoms with E-state index in [1.807, 2.05) is 41.0 Å². The topological polar surface area (TPSA) is 86.3 Å². The van der Waals surface area contributed by atoms with Gasteiger partial charge in [0.1, 0.15) is 12.8 Å². The molecule has 31 heavy (non-hydrogen) atoms. The highest BCUT2D eigenvalue weighted by molar-refractivity contribution is 5.92. The summed E-state index contributed by atoms with van der Waals surface area (Å²) in [7, 11) is 0. The van der Waals surface area contributed by atoms with Crippen molar-refractivity contribution in [3.63, 3.8) is 0 Å². The molecule has 0 radical (unpaired) electrons. The molecule has 0 N–H and O–H groups in total. The Morgan fingerprint density at radius 2 is 2.16 bits per heavy atom. The van der Waals surface area contributed by atoms with E-state index in [0.717, 1.165) is 29.4 Å². The number of rotatable bonds is 6. The van der Waals surface area contributed by atoms with Gasteiger partial charge >= 0.3 is 0 Å². The van der Waals surface area contributed by atoms with E-state index in [2.05, 4.69) is 15.0 Å². The normalized spacial score (nSPS) is 16.6. The van der Waals surface area contributed by atoms with Crippen molar-refractivity contribution in [2.75, 3.05) is 13.1 Å². The number of ether oxygens (including phenoxy) is 1. The van der Waals surface area contributed by atoms with E-state index in [1.54, 1.807) is 23.6 Å². The van der Waals surface area contributed by atoms with E-state index < -0.39 is 0 Å². The standard InChI is InChI=1S/C23H23N5O3/c29-23(27-10-4-6-18(12-27)30-14-17-5-3-9-24-11-17)20-15-31-22(26-20)13-28-16-25-19-7-1-2-8-21(19)28/h1-3,5,7-9,11,15-16,18H,4,6,10,12-14H2/t18-/m1/s1. The first-order chi connectivity index (χ1) is 15.3. The van der Waals surface area contributed by atoms with E-state index in [0.29, 0.717) is 37.8 Å². The van der Waals surface area contributed by atoms with Crippen LogP contribution in [0.4, 0.5) is 0 Å². The third-order valence-electron chi connectivity index (χ3n) is 5.48. The molecule has 0 bridgehead atoms. The summed E-state index contributed by atoms with van der Waals surface area (Å²) in [4.78, 5) is 27.7. The molecular formula is C23H23N5O3. The Balaban J connectivity index is 1.21. The van der Waals surface area contributed by atoms with Gasteiger partial charge < -0.3 is 18.6 Å². The maximum atomic E-state index is 13.0. The first-order valence-electron chi connectivity index (χ1n) is 10.4. The van der Waals surface area contributed by atoms with Crippen molar-refractivity contribution in [2.24, 2.45) is 0 Å². The smallest absolute Gasteiger partial charge is 0.275 e. The number of oxazole rings is 1. The molecule has 1 atom stereocenters. The maximum absolute atomic E-state index is 13.0. The van der Waals surface area contributed by atoms with Crippen LogP contribution in [0.25, 0.3) is 11.0 Å². The molecule has 1 aliphatic heterocycles. The molecule has 3 aromatic heterocycles. The van der Waals surface area contributed by atoms with E-state index in [1.165, 1.54) is 6.26 Å². The molecular weight excluding hydrogens is 394 g/mol. The molecule has 0 saturated carbocycles. The quantitative estimate of drug-likeness (QED) is 0.479. The number of pyridine rings is 1. The van der Waals surface area contributed by atoms with E-state index in [4.69, 9.17) is 9.15 Å². The van der Waals surface area contributed by atoms with Crippen molar-refractivity contribution in [3.05, 3.63) is 78.5 Å². The average Bonchev–Trinajstić information content (AvgIpc) is 3.46. The third kappa shape index (κ3) is 4.34. The van der Waals surface area contributed by atoms with Gasteiger partial charge in [-0.25, -0.2) is 9.97 Å². The van der Waals surface area contributed by atoms with Crippen LogP contribution in [0.3, 0.4) is 0 Å². The molecule has 5 rings (SSSR count). The van der Waals surface area contributed by atoms with Gasteiger partial charge in [0.2, 0.25) is 5.89 Å². The fourth-order valence-corrected chi connectivity index (χ4v) is 3.88. The fourth-order valence-electron chi connectivity index (χ4n) is 3.88. The summed E-state index contributed by atoms with van der Waals surface area (Å²) in [6.45, 7) is 2.16. The molecule has 8 nitrogen and oxygen atoms in total. The lowest BCUT2D eigenvalue weighted by molar-refractivity contribution is -0.00697. The van der Waals surface area contributed by atoms with Crippen molar-refractivity contribution >= 4 is 16.9 Å². The lowest BCUT2D eigenvalue weighted by Gasteiger charge is -2.32. The van der Waals surface area contributed by atoms with Gasteiger partial charge in [0.25, 0.3) is 5.91 Å². The molecule has 4 aromatic rings. The number of carbonyl (C=O) groups excluding carboxylic acids is 1. The largest absolute Gasteiger partial charge is 0.446 e. The number of likely N-dealkylation sites (tertiary alicyclic amines) is 1. The number of fused-ring (bicyclic) bond motifs is 1. The fraction of sp³-hybridized carbons (Fsp3) is 0.304. The lowest BCUT2D eigenvalue weighted by atomic mass is 10.1. The second-order valence-electron chi connectivity index (χ2n) is 7.68. The second-order valence-corrected chi connectivity index (χ2v) is 7.68. The molecule has 158 valence electrons. The second kappa shape index (κ2) is 8.69. The summed E-state index contributed by atoms with van der Waals surface area (Å²) in [6.07, 6.45) is 8.57. The van der Waals surface area contributed by atoms with E-state index in [-0.39, 0.29) is 12.0 Å². The predicted molar refractivity (Wildman–Crippen MR) is 113 cm³/mol. The van der Waals surface area contributed by atoms with Crippen LogP contribution in [0.15, 0.2) is 65.8 Å². The minimum Gasteiger partial charge on any atom is -0.446 e. The summed E-state index contributed by atoms with van der Waals surface area (Å²) >= 11 is 0. The lowest BCUT2D eigenvalue weighted by Crippen LogP contribution is -2.43. The molecule has 1 saturated heterocycles. The minimum atomic E-state index is -0.125. The Kier molecular flexibility index (Phi) is 5.45. The molecule has 1 aromatic carbocycles. The molecule has 1 fully saturated rings. The van der Waals surface area contributed by atoms with Crippen molar-refractivity contribution < 1.29 is 13.9 Å². The Morgan fingerprint density at radius 1 is 1.23 bits per heavy atom. The number of benzene rings is 1. The van der Waals surface area contributed by atoms with Gasteiger partial charge in [0.15, 0.2) is 5.69 Å². The van der Waals surface area contributed by atoms with Crippen LogP contribution >= 0.6 is 0 Å². The van der Waals surface area contributed by atoms with E-state index >= 15 is 0 Å². The summed E-state index contributed by atoms with van der Waals surface area (Å²) in [5.74, 6) is 0.355. The Labute approximate surface area is 179 Å². The number of imidazole rings is 1. The summed E-state index contributed by atoms with van der Waals surface area (Å²) in [6, 6.07) is 11.8. The zero-order valence-corrected chi connectivity index (χ0v) is 17.1. The van der Waals surface area contributed by atoms with Crippen LogP contribution in [0.5, 0.6) is 0 Å². The number of piperidine rings is 1.